The molecule has 148 valence electrons. The van der Waals surface area contributed by atoms with Crippen molar-refractivity contribution in [3.63, 3.8) is 0 Å². The van der Waals surface area contributed by atoms with Crippen molar-refractivity contribution in [3.05, 3.63) is 52.8 Å². The second-order valence-electron chi connectivity index (χ2n) is 7.86. The van der Waals surface area contributed by atoms with Crippen LogP contribution >= 0.6 is 0 Å². The second-order valence-corrected chi connectivity index (χ2v) is 7.86. The van der Waals surface area contributed by atoms with Crippen LogP contribution in [0, 0.1) is 0 Å². The summed E-state index contributed by atoms with van der Waals surface area (Å²) < 4.78 is 1.94. The zero-order valence-corrected chi connectivity index (χ0v) is 16.5. The van der Waals surface area contributed by atoms with Crippen molar-refractivity contribution >= 4 is 11.9 Å². The number of aryl methyl sites for hydroxylation is 1. The lowest BCUT2D eigenvalue weighted by molar-refractivity contribution is -0.121. The molecule has 4 rings (SSSR count). The topological polar surface area (TPSA) is 70.5 Å². The SMILES string of the molecule is CN(C)C(=O)N1CCn2nc(CNC(=O)C[C@H]3CCc4ccccc43)cc2C1. The lowest BCUT2D eigenvalue weighted by atomic mass is 9.97. The zero-order chi connectivity index (χ0) is 19.7. The van der Waals surface area contributed by atoms with Gasteiger partial charge in [0.25, 0.3) is 0 Å². The Morgan fingerprint density at radius 3 is 2.89 bits per heavy atom. The number of amides is 3. The Morgan fingerprint density at radius 1 is 1.25 bits per heavy atom. The summed E-state index contributed by atoms with van der Waals surface area (Å²) in [4.78, 5) is 28.0. The summed E-state index contributed by atoms with van der Waals surface area (Å²) in [5.74, 6) is 0.383. The van der Waals surface area contributed by atoms with E-state index in [0.29, 0.717) is 38.5 Å². The first-order chi connectivity index (χ1) is 13.5. The number of hydrogen-bond acceptors (Lipinski definition) is 3. The minimum absolute atomic E-state index is 0.0131. The van der Waals surface area contributed by atoms with Crippen molar-refractivity contribution in [3.8, 4) is 0 Å². The number of fused-ring (bicyclic) bond motifs is 2. The summed E-state index contributed by atoms with van der Waals surface area (Å²) in [6.07, 6.45) is 2.63. The Hall–Kier alpha value is -2.83. The standard InChI is InChI=1S/C21H27N5O2/c1-24(2)21(28)25-9-10-26-18(14-25)12-17(23-26)13-22-20(27)11-16-8-7-15-5-3-4-6-19(15)16/h3-6,12,16H,7-11,13-14H2,1-2H3,(H,22,27)/t16-/m1/s1. The molecule has 1 aliphatic heterocycles. The van der Waals surface area contributed by atoms with Crippen LogP contribution in [0.2, 0.25) is 0 Å². The van der Waals surface area contributed by atoms with E-state index in [4.69, 9.17) is 0 Å². The van der Waals surface area contributed by atoms with Crippen LogP contribution in [0.4, 0.5) is 4.79 Å². The van der Waals surface area contributed by atoms with E-state index in [2.05, 4.69) is 34.7 Å². The minimum Gasteiger partial charge on any atom is -0.350 e. The van der Waals surface area contributed by atoms with Gasteiger partial charge in [0.05, 0.1) is 31.0 Å². The number of carbonyl (C=O) groups excluding carboxylic acids is 2. The molecule has 1 N–H and O–H groups in total. The van der Waals surface area contributed by atoms with Crippen molar-refractivity contribution in [1.82, 2.24) is 24.9 Å². The van der Waals surface area contributed by atoms with Gasteiger partial charge in [0.1, 0.15) is 0 Å². The molecule has 1 aromatic heterocycles. The third-order valence-corrected chi connectivity index (χ3v) is 5.66. The monoisotopic (exact) mass is 381 g/mol. The Labute approximate surface area is 165 Å². The molecule has 7 nitrogen and oxygen atoms in total. The van der Waals surface area contributed by atoms with Gasteiger partial charge in [-0.15, -0.1) is 0 Å². The second kappa shape index (κ2) is 7.66. The van der Waals surface area contributed by atoms with Crippen LogP contribution < -0.4 is 5.32 Å². The molecule has 0 fully saturated rings. The highest BCUT2D eigenvalue weighted by atomic mass is 16.2. The number of carbonyl (C=O) groups is 2. The molecule has 1 aromatic carbocycles. The van der Waals surface area contributed by atoms with Crippen molar-refractivity contribution in [2.75, 3.05) is 20.6 Å². The summed E-state index contributed by atoms with van der Waals surface area (Å²) in [6.45, 7) is 2.31. The number of hydrogen-bond donors (Lipinski definition) is 1. The van der Waals surface area contributed by atoms with Crippen LogP contribution in [0.5, 0.6) is 0 Å². The number of aromatic nitrogens is 2. The van der Waals surface area contributed by atoms with Crippen LogP contribution in [0.25, 0.3) is 0 Å². The van der Waals surface area contributed by atoms with Crippen molar-refractivity contribution in [2.45, 2.75) is 44.8 Å². The molecule has 7 heteroatoms. The Bertz CT molecular complexity index is 889. The Kier molecular flexibility index (Phi) is 5.07. The molecule has 2 aromatic rings. The van der Waals surface area contributed by atoms with Gasteiger partial charge >= 0.3 is 6.03 Å². The third-order valence-electron chi connectivity index (χ3n) is 5.66. The molecule has 0 saturated heterocycles. The number of urea groups is 1. The zero-order valence-electron chi connectivity index (χ0n) is 16.5. The van der Waals surface area contributed by atoms with Gasteiger partial charge in [0.15, 0.2) is 0 Å². The quantitative estimate of drug-likeness (QED) is 0.882. The maximum Gasteiger partial charge on any atom is 0.319 e. The van der Waals surface area contributed by atoms with Gasteiger partial charge in [-0.2, -0.15) is 5.10 Å². The fourth-order valence-corrected chi connectivity index (χ4v) is 4.20. The lowest BCUT2D eigenvalue weighted by Crippen LogP contribution is -2.43. The minimum atomic E-state index is 0.0131. The van der Waals surface area contributed by atoms with E-state index in [1.165, 1.54) is 11.1 Å². The third kappa shape index (κ3) is 3.74. The van der Waals surface area contributed by atoms with Crippen LogP contribution in [-0.4, -0.2) is 52.2 Å². The molecule has 1 aliphatic carbocycles. The molecule has 0 radical (unpaired) electrons. The van der Waals surface area contributed by atoms with E-state index in [1.807, 2.05) is 15.6 Å². The van der Waals surface area contributed by atoms with Crippen LogP contribution in [-0.2, 0) is 30.8 Å². The first-order valence-corrected chi connectivity index (χ1v) is 9.87. The van der Waals surface area contributed by atoms with Gasteiger partial charge in [-0.1, -0.05) is 24.3 Å². The number of rotatable bonds is 4. The Balaban J connectivity index is 1.32. The van der Waals surface area contributed by atoms with Gasteiger partial charge < -0.3 is 15.1 Å². The number of nitrogens with zero attached hydrogens (tertiary/aromatic N) is 4. The van der Waals surface area contributed by atoms with Gasteiger partial charge in [-0.05, 0) is 36.0 Å². The van der Waals surface area contributed by atoms with Gasteiger partial charge in [-0.3, -0.25) is 9.48 Å². The van der Waals surface area contributed by atoms with Crippen molar-refractivity contribution in [2.24, 2.45) is 0 Å². The number of benzene rings is 1. The molecular weight excluding hydrogens is 354 g/mol. The summed E-state index contributed by atoms with van der Waals surface area (Å²) in [5, 5.41) is 7.59. The van der Waals surface area contributed by atoms with E-state index in [1.54, 1.807) is 19.0 Å². The predicted molar refractivity (Wildman–Crippen MR) is 106 cm³/mol. The normalized spacial score (nSPS) is 17.8. The molecule has 28 heavy (non-hydrogen) atoms. The average Bonchev–Trinajstić information content (AvgIpc) is 3.29. The van der Waals surface area contributed by atoms with E-state index < -0.39 is 0 Å². The molecule has 1 atom stereocenters. The maximum atomic E-state index is 12.4. The van der Waals surface area contributed by atoms with E-state index in [-0.39, 0.29) is 11.9 Å². The summed E-state index contributed by atoms with van der Waals surface area (Å²) in [6, 6.07) is 10.4. The van der Waals surface area contributed by atoms with Crippen LogP contribution in [0.3, 0.4) is 0 Å². The fourth-order valence-electron chi connectivity index (χ4n) is 4.20. The summed E-state index contributed by atoms with van der Waals surface area (Å²) in [5.41, 5.74) is 4.55. The van der Waals surface area contributed by atoms with Crippen LogP contribution in [0.15, 0.2) is 30.3 Å². The predicted octanol–water partition coefficient (Wildman–Crippen LogP) is 2.12. The van der Waals surface area contributed by atoms with Gasteiger partial charge in [-0.25, -0.2) is 4.79 Å². The summed E-state index contributed by atoms with van der Waals surface area (Å²) >= 11 is 0. The average molecular weight is 381 g/mol. The van der Waals surface area contributed by atoms with E-state index in [9.17, 15) is 9.59 Å². The smallest absolute Gasteiger partial charge is 0.319 e. The van der Waals surface area contributed by atoms with E-state index in [0.717, 1.165) is 24.2 Å². The molecule has 3 amide bonds. The highest BCUT2D eigenvalue weighted by Gasteiger charge is 2.25. The molecule has 0 spiro atoms. The number of nitrogens with one attached hydrogen (secondary N) is 1. The first-order valence-electron chi connectivity index (χ1n) is 9.87. The molecule has 2 heterocycles. The lowest BCUT2D eigenvalue weighted by Gasteiger charge is -2.29. The summed E-state index contributed by atoms with van der Waals surface area (Å²) in [7, 11) is 3.52. The van der Waals surface area contributed by atoms with Crippen molar-refractivity contribution in [1.29, 1.82) is 0 Å². The molecule has 2 aliphatic rings. The van der Waals surface area contributed by atoms with E-state index >= 15 is 0 Å². The Morgan fingerprint density at radius 2 is 2.07 bits per heavy atom. The molecular formula is C21H27N5O2. The van der Waals surface area contributed by atoms with Gasteiger partial charge in [0.2, 0.25) is 5.91 Å². The highest BCUT2D eigenvalue weighted by Crippen LogP contribution is 2.35. The van der Waals surface area contributed by atoms with Crippen LogP contribution in [0.1, 0.15) is 41.3 Å². The first kappa shape index (κ1) is 18.5. The van der Waals surface area contributed by atoms with Crippen molar-refractivity contribution < 1.29 is 9.59 Å². The maximum absolute atomic E-state index is 12.4. The highest BCUT2D eigenvalue weighted by molar-refractivity contribution is 5.77. The molecule has 0 saturated carbocycles. The molecule has 0 unspecified atom stereocenters. The fraction of sp³-hybridized carbons (Fsp3) is 0.476. The largest absolute Gasteiger partial charge is 0.350 e. The van der Waals surface area contributed by atoms with Gasteiger partial charge in [0, 0.05) is 27.1 Å². The molecule has 0 bridgehead atoms.